The molecule has 0 spiro atoms. The van der Waals surface area contributed by atoms with Crippen LogP contribution >= 0.6 is 0 Å². The van der Waals surface area contributed by atoms with Crippen molar-refractivity contribution in [3.05, 3.63) is 96.1 Å². The molecule has 0 aliphatic rings. The second-order valence-corrected chi connectivity index (χ2v) is 7.62. The van der Waals surface area contributed by atoms with E-state index in [0.717, 1.165) is 11.3 Å². The van der Waals surface area contributed by atoms with Gasteiger partial charge >= 0.3 is 5.97 Å². The number of methoxy groups -OCH3 is 1. The SMILES string of the molecule is COc1ccc(C(O)(c2ccc(O[CH]CCC(=O)O)cc2)c2ccc(N(C)C)cc2)cc1. The number of ether oxygens (including phenoxy) is 2. The van der Waals surface area contributed by atoms with E-state index in [4.69, 9.17) is 14.6 Å². The zero-order valence-corrected chi connectivity index (χ0v) is 18.5. The molecule has 1 unspecified atom stereocenters. The Morgan fingerprint density at radius 1 is 0.875 bits per heavy atom. The summed E-state index contributed by atoms with van der Waals surface area (Å²) in [6.45, 7) is 1.47. The fourth-order valence-corrected chi connectivity index (χ4v) is 3.45. The van der Waals surface area contributed by atoms with E-state index >= 15 is 0 Å². The van der Waals surface area contributed by atoms with Crippen molar-refractivity contribution in [1.82, 2.24) is 0 Å². The minimum Gasteiger partial charge on any atom is -0.497 e. The summed E-state index contributed by atoms with van der Waals surface area (Å²) in [6.07, 6.45) is 0.323. The predicted molar refractivity (Wildman–Crippen MR) is 124 cm³/mol. The topological polar surface area (TPSA) is 79.2 Å². The molecule has 167 valence electrons. The van der Waals surface area contributed by atoms with Crippen LogP contribution in [-0.4, -0.2) is 37.4 Å². The van der Waals surface area contributed by atoms with Crippen LogP contribution in [0.3, 0.4) is 0 Å². The lowest BCUT2D eigenvalue weighted by Crippen LogP contribution is -2.29. The van der Waals surface area contributed by atoms with Gasteiger partial charge in [0, 0.05) is 26.2 Å². The summed E-state index contributed by atoms with van der Waals surface area (Å²) in [5.41, 5.74) is 1.76. The summed E-state index contributed by atoms with van der Waals surface area (Å²) >= 11 is 0. The van der Waals surface area contributed by atoms with Gasteiger partial charge in [-0.25, -0.2) is 0 Å². The lowest BCUT2D eigenvalue weighted by Gasteiger charge is -2.31. The summed E-state index contributed by atoms with van der Waals surface area (Å²) in [7, 11) is 5.54. The van der Waals surface area contributed by atoms with Crippen LogP contribution in [-0.2, 0) is 10.4 Å². The van der Waals surface area contributed by atoms with Gasteiger partial charge in [0.25, 0.3) is 0 Å². The molecule has 0 aliphatic heterocycles. The molecule has 3 rings (SSSR count). The minimum atomic E-state index is -1.39. The Bertz CT molecular complexity index is 1010. The highest BCUT2D eigenvalue weighted by Gasteiger charge is 2.34. The normalized spacial score (nSPS) is 12.6. The Hall–Kier alpha value is -3.51. The molecule has 3 aromatic carbocycles. The van der Waals surface area contributed by atoms with Crippen LogP contribution in [0, 0.1) is 6.61 Å². The number of carboxylic acid groups (broad SMARTS) is 1. The molecule has 0 aliphatic carbocycles. The monoisotopic (exact) mass is 434 g/mol. The van der Waals surface area contributed by atoms with Crippen molar-refractivity contribution in [3.63, 3.8) is 0 Å². The van der Waals surface area contributed by atoms with E-state index in [1.165, 1.54) is 6.61 Å². The average Bonchev–Trinajstić information content (AvgIpc) is 2.81. The molecular weight excluding hydrogens is 406 g/mol. The van der Waals surface area contributed by atoms with Gasteiger partial charge in [-0.1, -0.05) is 36.4 Å². The van der Waals surface area contributed by atoms with E-state index in [0.29, 0.717) is 29.0 Å². The molecule has 0 saturated carbocycles. The van der Waals surface area contributed by atoms with E-state index < -0.39 is 11.6 Å². The first-order chi connectivity index (χ1) is 15.3. The summed E-state index contributed by atoms with van der Waals surface area (Å²) in [4.78, 5) is 12.6. The summed E-state index contributed by atoms with van der Waals surface area (Å²) < 4.78 is 10.8. The maximum absolute atomic E-state index is 12.0. The zero-order valence-electron chi connectivity index (χ0n) is 18.5. The summed E-state index contributed by atoms with van der Waals surface area (Å²) in [5, 5.41) is 20.7. The van der Waals surface area contributed by atoms with Crippen molar-refractivity contribution in [2.24, 2.45) is 0 Å². The molecule has 6 nitrogen and oxygen atoms in total. The van der Waals surface area contributed by atoms with Gasteiger partial charge in [-0.3, -0.25) is 4.79 Å². The summed E-state index contributed by atoms with van der Waals surface area (Å²) in [5.74, 6) is 0.406. The highest BCUT2D eigenvalue weighted by molar-refractivity contribution is 5.66. The smallest absolute Gasteiger partial charge is 0.303 e. The molecule has 32 heavy (non-hydrogen) atoms. The number of aliphatic carboxylic acids is 1. The van der Waals surface area contributed by atoms with Crippen LogP contribution < -0.4 is 14.4 Å². The molecule has 6 heteroatoms. The Balaban J connectivity index is 1.94. The fraction of sp³-hybridized carbons (Fsp3) is 0.231. The molecular formula is C26H28NO5. The van der Waals surface area contributed by atoms with Gasteiger partial charge in [0.05, 0.1) is 7.11 Å². The molecule has 0 saturated heterocycles. The van der Waals surface area contributed by atoms with E-state index in [2.05, 4.69) is 0 Å². The first-order valence-corrected chi connectivity index (χ1v) is 10.3. The Labute approximate surface area is 188 Å². The van der Waals surface area contributed by atoms with Gasteiger partial charge in [-0.2, -0.15) is 0 Å². The standard InChI is InChI=1S/C26H28NO5/c1-27(2)22-12-6-19(7-13-22)26(30,20-8-14-23(31-3)15-9-20)21-10-16-24(17-11-21)32-18-4-5-25(28)29/h6-18,30H,4-5H2,1-3H3,(H,28,29). The first kappa shape index (κ1) is 23.2. The molecule has 0 fully saturated rings. The van der Waals surface area contributed by atoms with Crippen molar-refractivity contribution >= 4 is 11.7 Å². The molecule has 0 bridgehead atoms. The van der Waals surface area contributed by atoms with Crippen LogP contribution in [0.5, 0.6) is 11.5 Å². The minimum absolute atomic E-state index is 0.0122. The number of carbonyl (C=O) groups is 1. The molecule has 3 aromatic rings. The maximum Gasteiger partial charge on any atom is 0.303 e. The fourth-order valence-electron chi connectivity index (χ4n) is 3.45. The number of hydrogen-bond acceptors (Lipinski definition) is 5. The zero-order chi connectivity index (χ0) is 23.1. The molecule has 1 atom stereocenters. The largest absolute Gasteiger partial charge is 0.497 e. The van der Waals surface area contributed by atoms with Crippen LogP contribution in [0.4, 0.5) is 5.69 Å². The number of carboxylic acids is 1. The maximum atomic E-state index is 12.0. The van der Waals surface area contributed by atoms with E-state index in [9.17, 15) is 9.90 Å². The molecule has 2 N–H and O–H groups in total. The van der Waals surface area contributed by atoms with Gasteiger partial charge in [0.15, 0.2) is 0 Å². The lowest BCUT2D eigenvalue weighted by molar-refractivity contribution is -0.137. The number of aliphatic hydroxyl groups is 1. The Kier molecular flexibility index (Phi) is 7.38. The van der Waals surface area contributed by atoms with Gasteiger partial charge in [-0.15, -0.1) is 0 Å². The highest BCUT2D eigenvalue weighted by atomic mass is 16.5. The van der Waals surface area contributed by atoms with Crippen molar-refractivity contribution < 1.29 is 24.5 Å². The van der Waals surface area contributed by atoms with Crippen LogP contribution in [0.1, 0.15) is 29.5 Å². The van der Waals surface area contributed by atoms with Crippen molar-refractivity contribution in [2.45, 2.75) is 18.4 Å². The van der Waals surface area contributed by atoms with E-state index in [1.807, 2.05) is 79.7 Å². The summed E-state index contributed by atoms with van der Waals surface area (Å²) in [6, 6.07) is 22.3. The second-order valence-electron chi connectivity index (χ2n) is 7.62. The highest BCUT2D eigenvalue weighted by Crippen LogP contribution is 2.38. The number of rotatable bonds is 10. The van der Waals surface area contributed by atoms with Crippen molar-refractivity contribution in [2.75, 3.05) is 26.1 Å². The third-order valence-corrected chi connectivity index (χ3v) is 5.28. The molecule has 0 heterocycles. The molecule has 0 amide bonds. The first-order valence-electron chi connectivity index (χ1n) is 10.3. The van der Waals surface area contributed by atoms with Crippen molar-refractivity contribution in [1.29, 1.82) is 0 Å². The van der Waals surface area contributed by atoms with Crippen LogP contribution in [0.25, 0.3) is 0 Å². The van der Waals surface area contributed by atoms with Crippen LogP contribution in [0.15, 0.2) is 72.8 Å². The van der Waals surface area contributed by atoms with Gasteiger partial charge < -0.3 is 24.6 Å². The molecule has 1 radical (unpaired) electrons. The van der Waals surface area contributed by atoms with Gasteiger partial charge in [0.1, 0.15) is 23.7 Å². The number of benzene rings is 3. The van der Waals surface area contributed by atoms with Crippen molar-refractivity contribution in [3.8, 4) is 11.5 Å². The third-order valence-electron chi connectivity index (χ3n) is 5.28. The van der Waals surface area contributed by atoms with Gasteiger partial charge in [-0.05, 0) is 59.5 Å². The third kappa shape index (κ3) is 5.21. The lowest BCUT2D eigenvalue weighted by atomic mass is 9.80. The van der Waals surface area contributed by atoms with E-state index in [1.54, 1.807) is 19.2 Å². The number of anilines is 1. The quantitative estimate of drug-likeness (QED) is 0.363. The van der Waals surface area contributed by atoms with E-state index in [-0.39, 0.29) is 6.42 Å². The van der Waals surface area contributed by atoms with Gasteiger partial charge in [0.2, 0.25) is 0 Å². The molecule has 0 aromatic heterocycles. The Morgan fingerprint density at radius 2 is 1.34 bits per heavy atom. The number of nitrogens with zero attached hydrogens (tertiary/aromatic N) is 1. The average molecular weight is 435 g/mol. The predicted octanol–water partition coefficient (Wildman–Crippen LogP) is 4.45. The second kappa shape index (κ2) is 10.2. The Morgan fingerprint density at radius 3 is 1.78 bits per heavy atom. The number of hydrogen-bond donors (Lipinski definition) is 2. The van der Waals surface area contributed by atoms with Crippen LogP contribution in [0.2, 0.25) is 0 Å².